The highest BCUT2D eigenvalue weighted by molar-refractivity contribution is 5.86. The van der Waals surface area contributed by atoms with Crippen LogP contribution in [0.25, 0.3) is 0 Å². The lowest BCUT2D eigenvalue weighted by molar-refractivity contribution is -0.244. The van der Waals surface area contributed by atoms with Crippen molar-refractivity contribution >= 4 is 11.9 Å². The summed E-state index contributed by atoms with van der Waals surface area (Å²) in [5.74, 6) is -2.58. The van der Waals surface area contributed by atoms with E-state index in [1.165, 1.54) is 0 Å². The van der Waals surface area contributed by atoms with Crippen LogP contribution in [-0.2, 0) is 14.4 Å². The van der Waals surface area contributed by atoms with Gasteiger partial charge in [-0.15, -0.1) is 5.06 Å². The van der Waals surface area contributed by atoms with Gasteiger partial charge in [-0.25, -0.2) is 4.79 Å². The Bertz CT molecular complexity index is 424. The van der Waals surface area contributed by atoms with Crippen LogP contribution in [0.15, 0.2) is 0 Å². The highest BCUT2D eigenvalue weighted by Gasteiger charge is 2.46. The maximum absolute atomic E-state index is 12.4. The van der Waals surface area contributed by atoms with Crippen molar-refractivity contribution in [2.24, 2.45) is 5.73 Å². The molecule has 2 saturated heterocycles. The van der Waals surface area contributed by atoms with Crippen LogP contribution in [0.1, 0.15) is 25.7 Å². The molecule has 0 aromatic heterocycles. The number of carbonyl (C=O) groups excluding carboxylic acids is 2. The van der Waals surface area contributed by atoms with E-state index in [0.29, 0.717) is 25.9 Å². The van der Waals surface area contributed by atoms with E-state index in [1.54, 1.807) is 4.90 Å². The summed E-state index contributed by atoms with van der Waals surface area (Å²) in [6, 6.07) is 0. The van der Waals surface area contributed by atoms with E-state index in [0.717, 1.165) is 17.9 Å². The number of likely N-dealkylation sites (tertiary alicyclic amines) is 1. The van der Waals surface area contributed by atoms with Gasteiger partial charge in [-0.2, -0.15) is 13.2 Å². The van der Waals surface area contributed by atoms with Crippen molar-refractivity contribution in [2.75, 3.05) is 26.2 Å². The molecule has 0 bridgehead atoms. The lowest BCUT2D eigenvalue weighted by Crippen LogP contribution is -2.63. The van der Waals surface area contributed by atoms with E-state index in [9.17, 15) is 22.8 Å². The van der Waals surface area contributed by atoms with E-state index in [2.05, 4.69) is 4.84 Å². The molecule has 6 nitrogen and oxygen atoms in total. The number of nitrogens with zero attached hydrogens (tertiary/aromatic N) is 2. The van der Waals surface area contributed by atoms with Crippen molar-refractivity contribution in [3.8, 4) is 0 Å². The smallest absolute Gasteiger partial charge is 0.361 e. The molecule has 2 aliphatic rings. The summed E-state index contributed by atoms with van der Waals surface area (Å²) in [7, 11) is 0. The third-order valence-corrected chi connectivity index (χ3v) is 3.75. The van der Waals surface area contributed by atoms with Crippen LogP contribution < -0.4 is 5.73 Å². The zero-order valence-corrected chi connectivity index (χ0v) is 11.5. The number of hydrogen-bond donors (Lipinski definition) is 1. The zero-order chi connectivity index (χ0) is 15.7. The first-order valence-corrected chi connectivity index (χ1v) is 6.85. The number of alkyl halides is 3. The van der Waals surface area contributed by atoms with Gasteiger partial charge in [0.15, 0.2) is 0 Å². The van der Waals surface area contributed by atoms with Gasteiger partial charge in [0.05, 0.1) is 6.54 Å². The number of hydroxylamine groups is 2. The van der Waals surface area contributed by atoms with Gasteiger partial charge in [-0.3, -0.25) is 4.79 Å². The first kappa shape index (κ1) is 16.0. The summed E-state index contributed by atoms with van der Waals surface area (Å²) in [4.78, 5) is 29.1. The van der Waals surface area contributed by atoms with E-state index in [-0.39, 0.29) is 19.0 Å². The summed E-state index contributed by atoms with van der Waals surface area (Å²) < 4.78 is 36.6. The van der Waals surface area contributed by atoms with Crippen LogP contribution in [0, 0.1) is 0 Å². The summed E-state index contributed by atoms with van der Waals surface area (Å²) in [5.41, 5.74) is 4.76. The minimum absolute atomic E-state index is 0.133. The summed E-state index contributed by atoms with van der Waals surface area (Å²) in [6.45, 7) is 1.14. The normalized spacial score (nSPS) is 27.7. The third kappa shape index (κ3) is 3.65. The Balaban J connectivity index is 1.99. The first-order valence-electron chi connectivity index (χ1n) is 6.85. The molecule has 2 rings (SSSR count). The van der Waals surface area contributed by atoms with E-state index >= 15 is 0 Å². The number of carbonyl (C=O) groups is 2. The monoisotopic (exact) mass is 309 g/mol. The minimum Gasteiger partial charge on any atom is -0.361 e. The Kier molecular flexibility index (Phi) is 4.43. The molecule has 21 heavy (non-hydrogen) atoms. The van der Waals surface area contributed by atoms with Crippen LogP contribution in [-0.4, -0.2) is 59.7 Å². The topological polar surface area (TPSA) is 75.9 Å². The number of amides is 1. The van der Waals surface area contributed by atoms with Crippen molar-refractivity contribution in [2.45, 2.75) is 37.4 Å². The summed E-state index contributed by atoms with van der Waals surface area (Å²) in [6.07, 6.45) is -2.51. The second kappa shape index (κ2) is 5.80. The van der Waals surface area contributed by atoms with Crippen molar-refractivity contribution in [3.05, 3.63) is 0 Å². The number of rotatable bonds is 2. The Morgan fingerprint density at radius 3 is 2.29 bits per heavy atom. The van der Waals surface area contributed by atoms with Gasteiger partial charge in [0.25, 0.3) is 0 Å². The molecule has 2 fully saturated rings. The highest BCUT2D eigenvalue weighted by Crippen LogP contribution is 2.25. The van der Waals surface area contributed by atoms with Crippen LogP contribution in [0.3, 0.4) is 0 Å². The Morgan fingerprint density at radius 2 is 1.71 bits per heavy atom. The molecule has 0 spiro atoms. The lowest BCUT2D eigenvalue weighted by atomic mass is 9.89. The van der Waals surface area contributed by atoms with Crippen molar-refractivity contribution in [1.29, 1.82) is 0 Å². The van der Waals surface area contributed by atoms with Crippen LogP contribution >= 0.6 is 0 Å². The lowest BCUT2D eigenvalue weighted by Gasteiger charge is -2.39. The van der Waals surface area contributed by atoms with Gasteiger partial charge in [-0.05, 0) is 25.7 Å². The number of piperidine rings is 1. The molecule has 0 aliphatic carbocycles. The van der Waals surface area contributed by atoms with Crippen molar-refractivity contribution in [3.63, 3.8) is 0 Å². The van der Waals surface area contributed by atoms with E-state index in [4.69, 9.17) is 5.73 Å². The fourth-order valence-electron chi connectivity index (χ4n) is 2.70. The van der Waals surface area contributed by atoms with Gasteiger partial charge >= 0.3 is 12.1 Å². The molecule has 2 aliphatic heterocycles. The quantitative estimate of drug-likeness (QED) is 0.800. The molecule has 1 amide bonds. The van der Waals surface area contributed by atoms with Crippen molar-refractivity contribution < 1.29 is 27.6 Å². The van der Waals surface area contributed by atoms with Crippen LogP contribution in [0.4, 0.5) is 13.2 Å². The van der Waals surface area contributed by atoms with Gasteiger partial charge < -0.3 is 15.5 Å². The van der Waals surface area contributed by atoms with E-state index < -0.39 is 17.7 Å². The molecule has 120 valence electrons. The molecule has 1 unspecified atom stereocenters. The fourth-order valence-corrected chi connectivity index (χ4v) is 2.70. The van der Waals surface area contributed by atoms with Gasteiger partial charge in [0, 0.05) is 19.6 Å². The average Bonchev–Trinajstić information content (AvgIpc) is 2.90. The Hall–Kier alpha value is -1.35. The third-order valence-electron chi connectivity index (χ3n) is 3.75. The SMILES string of the molecule is NC1(C(=O)N2CCCC2)CCCN(OC(=O)C(F)(F)F)C1. The van der Waals surface area contributed by atoms with Crippen LogP contribution in [0.2, 0.25) is 0 Å². The standard InChI is InChI=1S/C12H18F3N3O3/c13-12(14,15)10(20)21-18-7-3-4-11(16,8-18)9(19)17-5-1-2-6-17/h1-8,16H2. The molecule has 0 aromatic carbocycles. The molecular formula is C12H18F3N3O3. The fraction of sp³-hybridized carbons (Fsp3) is 0.833. The van der Waals surface area contributed by atoms with Crippen LogP contribution in [0.5, 0.6) is 0 Å². The van der Waals surface area contributed by atoms with E-state index in [1.807, 2.05) is 0 Å². The average molecular weight is 309 g/mol. The molecule has 0 radical (unpaired) electrons. The Labute approximate surface area is 119 Å². The molecule has 1 atom stereocenters. The maximum atomic E-state index is 12.4. The minimum atomic E-state index is -5.06. The predicted octanol–water partition coefficient (Wildman–Crippen LogP) is 0.423. The van der Waals surface area contributed by atoms with Gasteiger partial charge in [0.1, 0.15) is 5.54 Å². The number of nitrogens with two attached hydrogens (primary N) is 1. The van der Waals surface area contributed by atoms with Crippen molar-refractivity contribution in [1.82, 2.24) is 9.96 Å². The molecule has 2 heterocycles. The van der Waals surface area contributed by atoms with Gasteiger partial charge in [-0.1, -0.05) is 0 Å². The highest BCUT2D eigenvalue weighted by atomic mass is 19.4. The molecule has 9 heteroatoms. The molecular weight excluding hydrogens is 291 g/mol. The second-order valence-corrected chi connectivity index (χ2v) is 5.50. The van der Waals surface area contributed by atoms with Gasteiger partial charge in [0.2, 0.25) is 5.91 Å². The first-order chi connectivity index (χ1) is 9.72. The molecule has 0 aromatic rings. The molecule has 2 N–H and O–H groups in total. The Morgan fingerprint density at radius 1 is 1.10 bits per heavy atom. The predicted molar refractivity (Wildman–Crippen MR) is 65.7 cm³/mol. The summed E-state index contributed by atoms with van der Waals surface area (Å²) >= 11 is 0. The number of halogens is 3. The second-order valence-electron chi connectivity index (χ2n) is 5.50. The maximum Gasteiger partial charge on any atom is 0.492 e. The largest absolute Gasteiger partial charge is 0.492 e. The number of hydrogen-bond acceptors (Lipinski definition) is 5. The molecule has 0 saturated carbocycles. The summed E-state index contributed by atoms with van der Waals surface area (Å²) in [5, 5.41) is 0.841. The zero-order valence-electron chi connectivity index (χ0n) is 11.5.